The minimum Gasteiger partial charge on any atom is -0.330 e. The van der Waals surface area contributed by atoms with Crippen molar-refractivity contribution in [3.8, 4) is 0 Å². The maximum Gasteiger partial charge on any atom is 0.150 e. The van der Waals surface area contributed by atoms with Crippen molar-refractivity contribution in [3.63, 3.8) is 0 Å². The second-order valence-electron chi connectivity index (χ2n) is 3.65. The van der Waals surface area contributed by atoms with Crippen LogP contribution in [-0.2, 0) is 14.6 Å². The first kappa shape index (κ1) is 14.6. The van der Waals surface area contributed by atoms with E-state index in [-0.39, 0.29) is 23.2 Å². The van der Waals surface area contributed by atoms with E-state index in [1.165, 1.54) is 0 Å². The Morgan fingerprint density at radius 2 is 1.93 bits per heavy atom. The van der Waals surface area contributed by atoms with Gasteiger partial charge in [0.25, 0.3) is 0 Å². The van der Waals surface area contributed by atoms with Gasteiger partial charge >= 0.3 is 0 Å². The number of hydrogen-bond donors (Lipinski definition) is 1. The van der Waals surface area contributed by atoms with Gasteiger partial charge in [-0.3, -0.25) is 4.79 Å². The lowest BCUT2D eigenvalue weighted by atomic mass is 9.98. The Bertz CT molecular complexity index is 281. The Labute approximate surface area is 92.2 Å². The summed E-state index contributed by atoms with van der Waals surface area (Å²) in [5.74, 6) is 0.242. The van der Waals surface area contributed by atoms with Crippen LogP contribution in [0, 0.1) is 5.92 Å². The number of ketones is 1. The number of hydrogen-bond acceptors (Lipinski definition) is 4. The standard InChI is InChI=1S/C10H21NO3S/c1-3-9(8-11)10(12)6-5-7-15(13,14)4-2/h9H,3-8,11H2,1-2H3. The second kappa shape index (κ2) is 6.95. The molecule has 15 heavy (non-hydrogen) atoms. The first-order chi connectivity index (χ1) is 6.96. The first-order valence-electron chi connectivity index (χ1n) is 5.40. The summed E-state index contributed by atoms with van der Waals surface area (Å²) in [5, 5.41) is 0. The van der Waals surface area contributed by atoms with E-state index >= 15 is 0 Å². The van der Waals surface area contributed by atoms with E-state index in [2.05, 4.69) is 0 Å². The van der Waals surface area contributed by atoms with Crippen LogP contribution in [0.15, 0.2) is 0 Å². The van der Waals surface area contributed by atoms with Gasteiger partial charge in [0, 0.05) is 24.6 Å². The van der Waals surface area contributed by atoms with Gasteiger partial charge in [0.1, 0.15) is 15.6 Å². The highest BCUT2D eigenvalue weighted by Crippen LogP contribution is 2.07. The summed E-state index contributed by atoms with van der Waals surface area (Å²) in [7, 11) is -2.94. The number of sulfone groups is 1. The van der Waals surface area contributed by atoms with Gasteiger partial charge in [-0.05, 0) is 12.8 Å². The van der Waals surface area contributed by atoms with Crippen LogP contribution in [0.4, 0.5) is 0 Å². The van der Waals surface area contributed by atoms with Crippen molar-refractivity contribution < 1.29 is 13.2 Å². The zero-order valence-corrected chi connectivity index (χ0v) is 10.3. The molecule has 0 aliphatic rings. The lowest BCUT2D eigenvalue weighted by Crippen LogP contribution is -2.23. The predicted molar refractivity (Wildman–Crippen MR) is 61.4 cm³/mol. The maximum atomic E-state index is 11.5. The number of carbonyl (C=O) groups excluding carboxylic acids is 1. The van der Waals surface area contributed by atoms with E-state index in [9.17, 15) is 13.2 Å². The van der Waals surface area contributed by atoms with Gasteiger partial charge in [-0.15, -0.1) is 0 Å². The molecule has 2 N–H and O–H groups in total. The van der Waals surface area contributed by atoms with Crippen LogP contribution in [0.3, 0.4) is 0 Å². The molecule has 0 saturated heterocycles. The molecule has 0 rings (SSSR count). The number of carbonyl (C=O) groups is 1. The van der Waals surface area contributed by atoms with E-state index in [1.54, 1.807) is 6.92 Å². The third-order valence-corrected chi connectivity index (χ3v) is 4.34. The van der Waals surface area contributed by atoms with E-state index in [1.807, 2.05) is 6.92 Å². The van der Waals surface area contributed by atoms with Gasteiger partial charge < -0.3 is 5.73 Å². The molecule has 0 aromatic heterocycles. The Kier molecular flexibility index (Phi) is 6.76. The Morgan fingerprint density at radius 1 is 1.33 bits per heavy atom. The zero-order chi connectivity index (χ0) is 11.9. The van der Waals surface area contributed by atoms with Crippen LogP contribution in [0.1, 0.15) is 33.1 Å². The summed E-state index contributed by atoms with van der Waals surface area (Å²) < 4.78 is 22.3. The highest BCUT2D eigenvalue weighted by molar-refractivity contribution is 7.91. The Morgan fingerprint density at radius 3 is 2.33 bits per heavy atom. The summed E-state index contributed by atoms with van der Waals surface area (Å²) >= 11 is 0. The van der Waals surface area contributed by atoms with Gasteiger partial charge in [0.05, 0.1) is 5.75 Å². The molecule has 0 bridgehead atoms. The SMILES string of the molecule is CCC(CN)C(=O)CCCS(=O)(=O)CC. The van der Waals surface area contributed by atoms with Crippen molar-refractivity contribution in [1.82, 2.24) is 0 Å². The van der Waals surface area contributed by atoms with Crippen LogP contribution in [0.5, 0.6) is 0 Å². The van der Waals surface area contributed by atoms with Gasteiger partial charge in [-0.2, -0.15) is 0 Å². The lowest BCUT2D eigenvalue weighted by Gasteiger charge is -2.10. The van der Waals surface area contributed by atoms with E-state index < -0.39 is 9.84 Å². The fourth-order valence-corrected chi connectivity index (χ4v) is 2.21. The second-order valence-corrected chi connectivity index (χ2v) is 6.12. The smallest absolute Gasteiger partial charge is 0.150 e. The summed E-state index contributed by atoms with van der Waals surface area (Å²) in [5.41, 5.74) is 5.43. The van der Waals surface area contributed by atoms with Crippen molar-refractivity contribution in [3.05, 3.63) is 0 Å². The van der Waals surface area contributed by atoms with Gasteiger partial charge in [-0.25, -0.2) is 8.42 Å². The molecule has 0 aliphatic carbocycles. The largest absolute Gasteiger partial charge is 0.330 e. The monoisotopic (exact) mass is 235 g/mol. The third kappa shape index (κ3) is 5.89. The fraction of sp³-hybridized carbons (Fsp3) is 0.900. The van der Waals surface area contributed by atoms with Gasteiger partial charge in [0.15, 0.2) is 0 Å². The zero-order valence-electron chi connectivity index (χ0n) is 9.53. The van der Waals surface area contributed by atoms with Gasteiger partial charge in [-0.1, -0.05) is 13.8 Å². The molecule has 0 aromatic carbocycles. The highest BCUT2D eigenvalue weighted by atomic mass is 32.2. The number of rotatable bonds is 8. The molecule has 5 heteroatoms. The Hall–Kier alpha value is -0.420. The van der Waals surface area contributed by atoms with Crippen LogP contribution in [-0.4, -0.2) is 32.3 Å². The minimum atomic E-state index is -2.94. The van der Waals surface area contributed by atoms with E-state index in [0.717, 1.165) is 6.42 Å². The molecular formula is C10H21NO3S. The highest BCUT2D eigenvalue weighted by Gasteiger charge is 2.15. The molecule has 0 heterocycles. The summed E-state index contributed by atoms with van der Waals surface area (Å²) in [6.45, 7) is 3.89. The average molecular weight is 235 g/mol. The third-order valence-electron chi connectivity index (χ3n) is 2.55. The lowest BCUT2D eigenvalue weighted by molar-refractivity contribution is -0.122. The molecule has 0 saturated carbocycles. The van der Waals surface area contributed by atoms with Crippen molar-refractivity contribution >= 4 is 15.6 Å². The van der Waals surface area contributed by atoms with E-state index in [4.69, 9.17) is 5.73 Å². The van der Waals surface area contributed by atoms with Crippen molar-refractivity contribution in [2.75, 3.05) is 18.1 Å². The quantitative estimate of drug-likeness (QED) is 0.673. The molecule has 1 unspecified atom stereocenters. The van der Waals surface area contributed by atoms with Crippen LogP contribution in [0.2, 0.25) is 0 Å². The summed E-state index contributed by atoms with van der Waals surface area (Å²) in [6.07, 6.45) is 1.48. The molecule has 0 radical (unpaired) electrons. The fourth-order valence-electron chi connectivity index (χ4n) is 1.34. The predicted octanol–water partition coefficient (Wildman–Crippen LogP) is 0.755. The normalized spacial score (nSPS) is 13.8. The molecule has 90 valence electrons. The van der Waals surface area contributed by atoms with Crippen molar-refractivity contribution in [2.24, 2.45) is 11.7 Å². The molecule has 0 aliphatic heterocycles. The van der Waals surface area contributed by atoms with Gasteiger partial charge in [0.2, 0.25) is 0 Å². The first-order valence-corrected chi connectivity index (χ1v) is 7.22. The van der Waals surface area contributed by atoms with Crippen LogP contribution >= 0.6 is 0 Å². The molecule has 4 nitrogen and oxygen atoms in total. The minimum absolute atomic E-state index is 0.0892. The van der Waals surface area contributed by atoms with Crippen LogP contribution < -0.4 is 5.73 Å². The van der Waals surface area contributed by atoms with E-state index in [0.29, 0.717) is 19.4 Å². The molecule has 0 spiro atoms. The summed E-state index contributed by atoms with van der Waals surface area (Å²) in [6, 6.07) is 0. The maximum absolute atomic E-state index is 11.5. The molecular weight excluding hydrogens is 214 g/mol. The molecule has 0 fully saturated rings. The topological polar surface area (TPSA) is 77.2 Å². The van der Waals surface area contributed by atoms with Crippen molar-refractivity contribution in [1.29, 1.82) is 0 Å². The number of nitrogens with two attached hydrogens (primary N) is 1. The van der Waals surface area contributed by atoms with Crippen LogP contribution in [0.25, 0.3) is 0 Å². The molecule has 0 aromatic rings. The average Bonchev–Trinajstić information content (AvgIpc) is 2.19. The molecule has 1 atom stereocenters. The number of Topliss-reactive ketones (excluding diaryl/α,β-unsaturated/α-hetero) is 1. The Balaban J connectivity index is 3.92. The molecule has 0 amide bonds. The summed E-state index contributed by atoms with van der Waals surface area (Å²) in [4.78, 5) is 11.5. The van der Waals surface area contributed by atoms with Crippen molar-refractivity contribution in [2.45, 2.75) is 33.1 Å².